The summed E-state index contributed by atoms with van der Waals surface area (Å²) in [7, 11) is 0. The predicted molar refractivity (Wildman–Crippen MR) is 110 cm³/mol. The van der Waals surface area contributed by atoms with Gasteiger partial charge in [-0.1, -0.05) is 17.7 Å². The Hall–Kier alpha value is -2.77. The van der Waals surface area contributed by atoms with Crippen molar-refractivity contribution in [2.45, 2.75) is 6.54 Å². The SMILES string of the molecule is O=C(c1ccc(Cl)cc1)N1CCN(CCn2cnc3cccc(F)c3c2=O)CC1. The molecule has 1 aliphatic rings. The monoisotopic (exact) mass is 414 g/mol. The molecule has 2 aromatic carbocycles. The second kappa shape index (κ2) is 8.31. The quantitative estimate of drug-likeness (QED) is 0.658. The molecule has 3 aromatic rings. The van der Waals surface area contributed by atoms with Crippen LogP contribution in [-0.2, 0) is 6.54 Å². The maximum absolute atomic E-state index is 14.0. The van der Waals surface area contributed by atoms with E-state index in [1.807, 2.05) is 4.90 Å². The molecule has 0 N–H and O–H groups in total. The van der Waals surface area contributed by atoms with E-state index in [-0.39, 0.29) is 16.9 Å². The Bertz CT molecular complexity index is 1090. The highest BCUT2D eigenvalue weighted by atomic mass is 35.5. The van der Waals surface area contributed by atoms with Crippen molar-refractivity contribution in [1.29, 1.82) is 0 Å². The number of nitrogens with zero attached hydrogens (tertiary/aromatic N) is 4. The summed E-state index contributed by atoms with van der Waals surface area (Å²) in [4.78, 5) is 33.3. The van der Waals surface area contributed by atoms with Crippen molar-refractivity contribution in [3.8, 4) is 0 Å². The van der Waals surface area contributed by atoms with Crippen LogP contribution in [0.1, 0.15) is 10.4 Å². The van der Waals surface area contributed by atoms with Crippen LogP contribution in [0.2, 0.25) is 5.02 Å². The van der Waals surface area contributed by atoms with E-state index in [1.165, 1.54) is 17.0 Å². The molecule has 6 nitrogen and oxygen atoms in total. The molecule has 1 fully saturated rings. The minimum absolute atomic E-state index is 0.00765. The first-order valence-electron chi connectivity index (χ1n) is 9.44. The molecule has 0 bridgehead atoms. The molecule has 0 aliphatic carbocycles. The number of hydrogen-bond acceptors (Lipinski definition) is 4. The number of rotatable bonds is 4. The number of aromatic nitrogens is 2. The summed E-state index contributed by atoms with van der Waals surface area (Å²) in [6.07, 6.45) is 1.46. The molecule has 1 aliphatic heterocycles. The first-order valence-corrected chi connectivity index (χ1v) is 9.81. The van der Waals surface area contributed by atoms with Crippen LogP contribution in [-0.4, -0.2) is 58.0 Å². The normalized spacial score (nSPS) is 15.0. The van der Waals surface area contributed by atoms with Crippen molar-refractivity contribution in [2.24, 2.45) is 0 Å². The van der Waals surface area contributed by atoms with Crippen molar-refractivity contribution in [3.05, 3.63) is 75.5 Å². The second-order valence-corrected chi connectivity index (χ2v) is 7.45. The third kappa shape index (κ3) is 4.16. The van der Waals surface area contributed by atoms with Gasteiger partial charge in [-0.25, -0.2) is 9.37 Å². The maximum Gasteiger partial charge on any atom is 0.264 e. The minimum atomic E-state index is -0.552. The van der Waals surface area contributed by atoms with Gasteiger partial charge in [-0.15, -0.1) is 0 Å². The Balaban J connectivity index is 1.36. The molecule has 1 saturated heterocycles. The van der Waals surface area contributed by atoms with Crippen LogP contribution in [0.3, 0.4) is 0 Å². The average Bonchev–Trinajstić information content (AvgIpc) is 2.74. The second-order valence-electron chi connectivity index (χ2n) is 7.02. The molecule has 4 rings (SSSR count). The van der Waals surface area contributed by atoms with Crippen molar-refractivity contribution < 1.29 is 9.18 Å². The molecule has 150 valence electrons. The van der Waals surface area contributed by atoms with Gasteiger partial charge >= 0.3 is 0 Å². The zero-order valence-corrected chi connectivity index (χ0v) is 16.5. The molecule has 8 heteroatoms. The van der Waals surface area contributed by atoms with Crippen LogP contribution < -0.4 is 5.56 Å². The smallest absolute Gasteiger partial charge is 0.264 e. The lowest BCUT2D eigenvalue weighted by Crippen LogP contribution is -2.49. The van der Waals surface area contributed by atoms with Crippen LogP contribution in [0.15, 0.2) is 53.6 Å². The van der Waals surface area contributed by atoms with E-state index in [4.69, 9.17) is 11.6 Å². The molecule has 1 amide bonds. The van der Waals surface area contributed by atoms with E-state index in [1.54, 1.807) is 36.4 Å². The van der Waals surface area contributed by atoms with E-state index in [0.29, 0.717) is 55.4 Å². The third-order valence-corrected chi connectivity index (χ3v) is 5.46. The summed E-state index contributed by atoms with van der Waals surface area (Å²) >= 11 is 5.88. The van der Waals surface area contributed by atoms with Crippen LogP contribution in [0, 0.1) is 5.82 Å². The number of fused-ring (bicyclic) bond motifs is 1. The van der Waals surface area contributed by atoms with Crippen molar-refractivity contribution in [1.82, 2.24) is 19.4 Å². The van der Waals surface area contributed by atoms with Crippen molar-refractivity contribution in [3.63, 3.8) is 0 Å². The van der Waals surface area contributed by atoms with E-state index in [9.17, 15) is 14.0 Å². The molecule has 2 heterocycles. The third-order valence-electron chi connectivity index (χ3n) is 5.21. The van der Waals surface area contributed by atoms with Gasteiger partial charge in [-0.05, 0) is 36.4 Å². The molecule has 0 spiro atoms. The van der Waals surface area contributed by atoms with Gasteiger partial charge in [-0.2, -0.15) is 0 Å². The predicted octanol–water partition coefficient (Wildman–Crippen LogP) is 2.65. The van der Waals surface area contributed by atoms with E-state index >= 15 is 0 Å². The molecule has 0 radical (unpaired) electrons. The average molecular weight is 415 g/mol. The lowest BCUT2D eigenvalue weighted by Gasteiger charge is -2.34. The lowest BCUT2D eigenvalue weighted by atomic mass is 10.2. The van der Waals surface area contributed by atoms with E-state index in [0.717, 1.165) is 0 Å². The van der Waals surface area contributed by atoms with Gasteiger partial charge in [0.15, 0.2) is 0 Å². The Morgan fingerprint density at radius 2 is 1.76 bits per heavy atom. The van der Waals surface area contributed by atoms with Gasteiger partial charge in [0.2, 0.25) is 0 Å². The number of hydrogen-bond donors (Lipinski definition) is 0. The number of halogens is 2. The summed E-state index contributed by atoms with van der Waals surface area (Å²) in [5.74, 6) is -0.560. The highest BCUT2D eigenvalue weighted by Crippen LogP contribution is 2.14. The fourth-order valence-corrected chi connectivity index (χ4v) is 3.64. The molecule has 0 saturated carbocycles. The molecule has 0 atom stereocenters. The zero-order chi connectivity index (χ0) is 20.4. The highest BCUT2D eigenvalue weighted by molar-refractivity contribution is 6.30. The first kappa shape index (κ1) is 19.5. The van der Waals surface area contributed by atoms with E-state index < -0.39 is 5.82 Å². The van der Waals surface area contributed by atoms with E-state index in [2.05, 4.69) is 9.88 Å². The lowest BCUT2D eigenvalue weighted by molar-refractivity contribution is 0.0633. The van der Waals surface area contributed by atoms with Crippen LogP contribution in [0.5, 0.6) is 0 Å². The highest BCUT2D eigenvalue weighted by Gasteiger charge is 2.22. The summed E-state index contributed by atoms with van der Waals surface area (Å²) in [6, 6.07) is 11.3. The van der Waals surface area contributed by atoms with Gasteiger partial charge in [0.1, 0.15) is 11.2 Å². The van der Waals surface area contributed by atoms with Crippen LogP contribution in [0.4, 0.5) is 4.39 Å². The standard InChI is InChI=1S/C21H20ClFN4O2/c22-16-6-4-15(5-7-16)20(28)26-11-8-25(9-12-26)10-13-27-14-24-18-3-1-2-17(23)19(18)21(27)29/h1-7,14H,8-13H2. The Kier molecular flexibility index (Phi) is 5.60. The van der Waals surface area contributed by atoms with Gasteiger partial charge in [0.05, 0.1) is 11.8 Å². The summed E-state index contributed by atoms with van der Waals surface area (Å²) in [6.45, 7) is 3.70. The Morgan fingerprint density at radius 1 is 1.03 bits per heavy atom. The van der Waals surface area contributed by atoms with Gasteiger partial charge in [-0.3, -0.25) is 19.1 Å². The number of piperazine rings is 1. The van der Waals surface area contributed by atoms with Crippen LogP contribution in [0.25, 0.3) is 10.9 Å². The zero-order valence-electron chi connectivity index (χ0n) is 15.7. The number of benzene rings is 2. The van der Waals surface area contributed by atoms with Gasteiger partial charge in [0.25, 0.3) is 11.5 Å². The summed E-state index contributed by atoms with van der Waals surface area (Å²) < 4.78 is 15.4. The summed E-state index contributed by atoms with van der Waals surface area (Å²) in [5, 5.41) is 0.623. The molecular weight excluding hydrogens is 395 g/mol. The first-order chi connectivity index (χ1) is 14.0. The largest absolute Gasteiger partial charge is 0.336 e. The van der Waals surface area contributed by atoms with Crippen LogP contribution >= 0.6 is 11.6 Å². The molecule has 0 unspecified atom stereocenters. The minimum Gasteiger partial charge on any atom is -0.336 e. The van der Waals surface area contributed by atoms with Gasteiger partial charge in [0, 0.05) is 49.9 Å². The molecule has 1 aromatic heterocycles. The van der Waals surface area contributed by atoms with Gasteiger partial charge < -0.3 is 4.90 Å². The molecule has 29 heavy (non-hydrogen) atoms. The topological polar surface area (TPSA) is 58.4 Å². The maximum atomic E-state index is 14.0. The van der Waals surface area contributed by atoms with Crippen molar-refractivity contribution >= 4 is 28.4 Å². The fraction of sp³-hybridized carbons (Fsp3) is 0.286. The summed E-state index contributed by atoms with van der Waals surface area (Å²) in [5.41, 5.74) is 0.615. The Labute approximate surface area is 172 Å². The fourth-order valence-electron chi connectivity index (χ4n) is 3.52. The Morgan fingerprint density at radius 3 is 2.48 bits per heavy atom. The number of amides is 1. The number of carbonyl (C=O) groups excluding carboxylic acids is 1. The number of carbonyl (C=O) groups is 1. The molecular formula is C21H20ClFN4O2. The van der Waals surface area contributed by atoms with Crippen molar-refractivity contribution in [2.75, 3.05) is 32.7 Å².